The van der Waals surface area contributed by atoms with Crippen LogP contribution in [0.15, 0.2) is 53.4 Å². The minimum atomic E-state index is -3.37. The molecule has 6 rings (SSSR count). The molecule has 1 aromatic carbocycles. The zero-order chi connectivity index (χ0) is 49.1. The summed E-state index contributed by atoms with van der Waals surface area (Å²) in [6, 6.07) is 16.4. The average molecular weight is 945 g/mol. The first-order valence-corrected chi connectivity index (χ1v) is 27.4. The number of benzene rings is 1. The van der Waals surface area contributed by atoms with Gasteiger partial charge in [0.15, 0.2) is 9.84 Å². The van der Waals surface area contributed by atoms with Gasteiger partial charge in [-0.2, -0.15) is 0 Å². The molecule has 0 aliphatic carbocycles. The molecular formula is C57H84N8O2S. The molecule has 370 valence electrons. The standard InChI is InChI=1S/C57H84N8O2S/c1-13-46-41(6)50-35-51-43(8)48(23-21-32-63(11)30-18-17-29-62(10)15-3)56(60-51)38-57-49(44(9)53(61-57)37-55-47(14-2)42(7)52(59-55)36-54(46)58-50)24-22-33-64(12)31-19-20-34-65(16-4)39-68(66,67)45-27-25-40(5)26-28-45/h25-28,35-38,58-59H,13-24,29-34,39H2,1-12H3. The van der Waals surface area contributed by atoms with Crippen molar-refractivity contribution in [3.8, 4) is 0 Å². The molecule has 2 aliphatic rings. The van der Waals surface area contributed by atoms with Crippen molar-refractivity contribution >= 4 is 54.2 Å². The highest BCUT2D eigenvalue weighted by molar-refractivity contribution is 7.91. The van der Waals surface area contributed by atoms with Crippen LogP contribution < -0.4 is 0 Å². The van der Waals surface area contributed by atoms with Gasteiger partial charge >= 0.3 is 0 Å². The second-order valence-corrected chi connectivity index (χ2v) is 21.7. The summed E-state index contributed by atoms with van der Waals surface area (Å²) in [5, 5.41) is 0. The van der Waals surface area contributed by atoms with Crippen LogP contribution in [0.3, 0.4) is 0 Å². The maximum atomic E-state index is 13.2. The van der Waals surface area contributed by atoms with E-state index in [-0.39, 0.29) is 5.88 Å². The van der Waals surface area contributed by atoms with Gasteiger partial charge in [-0.05, 0) is 253 Å². The number of hydrogen-bond acceptors (Lipinski definition) is 8. The lowest BCUT2D eigenvalue weighted by atomic mass is 9.98. The normalized spacial score (nSPS) is 13.5. The van der Waals surface area contributed by atoms with Crippen LogP contribution in [0.1, 0.15) is 144 Å². The van der Waals surface area contributed by atoms with Crippen molar-refractivity contribution in [3.05, 3.63) is 99.1 Å². The van der Waals surface area contributed by atoms with Crippen LogP contribution in [0.5, 0.6) is 0 Å². The molecule has 10 nitrogen and oxygen atoms in total. The molecule has 0 saturated carbocycles. The number of H-pyrrole nitrogens is 2. The number of aromatic amines is 2. The Hall–Kier alpha value is -4.39. The third kappa shape index (κ3) is 13.3. The maximum absolute atomic E-state index is 13.2. The molecule has 2 N–H and O–H groups in total. The van der Waals surface area contributed by atoms with Crippen molar-refractivity contribution in [2.45, 2.75) is 131 Å². The minimum Gasteiger partial charge on any atom is -0.355 e. The van der Waals surface area contributed by atoms with Gasteiger partial charge in [0.25, 0.3) is 0 Å². The average Bonchev–Trinajstić information content (AvgIpc) is 3.98. The second kappa shape index (κ2) is 24.4. The van der Waals surface area contributed by atoms with E-state index in [9.17, 15) is 8.42 Å². The molecule has 8 bridgehead atoms. The van der Waals surface area contributed by atoms with Crippen LogP contribution in [0.4, 0.5) is 0 Å². The number of nitrogens with one attached hydrogen (secondary N) is 2. The van der Waals surface area contributed by atoms with Crippen molar-refractivity contribution in [1.29, 1.82) is 0 Å². The van der Waals surface area contributed by atoms with Gasteiger partial charge in [0.05, 0.1) is 27.7 Å². The predicted molar refractivity (Wildman–Crippen MR) is 290 cm³/mol. The molecule has 0 spiro atoms. The lowest BCUT2D eigenvalue weighted by Gasteiger charge is -2.21. The van der Waals surface area contributed by atoms with E-state index in [0.29, 0.717) is 11.4 Å². The van der Waals surface area contributed by atoms with E-state index < -0.39 is 9.84 Å². The third-order valence-electron chi connectivity index (χ3n) is 14.8. The van der Waals surface area contributed by atoms with Gasteiger partial charge in [-0.25, -0.2) is 18.4 Å². The van der Waals surface area contributed by atoms with E-state index in [0.717, 1.165) is 148 Å². The third-order valence-corrected chi connectivity index (χ3v) is 16.4. The number of unbranched alkanes of at least 4 members (excludes halogenated alkanes) is 2. The molecule has 0 fully saturated rings. The largest absolute Gasteiger partial charge is 0.355 e. The highest BCUT2D eigenvalue weighted by atomic mass is 32.2. The fourth-order valence-electron chi connectivity index (χ4n) is 10.0. The quantitative estimate of drug-likeness (QED) is 0.0633. The van der Waals surface area contributed by atoms with Gasteiger partial charge in [-0.1, -0.05) is 45.4 Å². The SMILES string of the molecule is CCc1c(C)c2cc3[nH]c(cc4nc(cc5nc(cc1[nH]2)C(C)=C5CCCN(C)CCCCN(CC)CS(=O)(=O)c1ccc(C)cc1)C(CCCN(C)CCCCN(C)CC)=C4C)c(C)c3CC. The molecular weight excluding hydrogens is 861 g/mol. The Balaban J connectivity index is 1.25. The van der Waals surface area contributed by atoms with Crippen LogP contribution >= 0.6 is 0 Å². The molecule has 0 saturated heterocycles. The number of rotatable bonds is 25. The van der Waals surface area contributed by atoms with Crippen molar-refractivity contribution in [1.82, 2.24) is 39.5 Å². The van der Waals surface area contributed by atoms with Gasteiger partial charge in [0.1, 0.15) is 5.88 Å². The molecule has 2 aliphatic heterocycles. The topological polar surface area (TPSA) is 104 Å². The molecule has 0 unspecified atom stereocenters. The fraction of sp³-hybridized carbons (Fsp3) is 0.544. The maximum Gasteiger partial charge on any atom is 0.191 e. The monoisotopic (exact) mass is 945 g/mol. The minimum absolute atomic E-state index is 0.0554. The van der Waals surface area contributed by atoms with Crippen LogP contribution in [-0.4, -0.2) is 127 Å². The van der Waals surface area contributed by atoms with Crippen LogP contribution in [-0.2, 0) is 22.7 Å². The van der Waals surface area contributed by atoms with Crippen molar-refractivity contribution in [3.63, 3.8) is 0 Å². The van der Waals surface area contributed by atoms with Gasteiger partial charge < -0.3 is 24.7 Å². The van der Waals surface area contributed by atoms with E-state index in [4.69, 9.17) is 9.97 Å². The lowest BCUT2D eigenvalue weighted by Crippen LogP contribution is -2.31. The Bertz CT molecular complexity index is 2690. The number of sulfone groups is 1. The molecule has 0 radical (unpaired) electrons. The lowest BCUT2D eigenvalue weighted by molar-refractivity contribution is 0.290. The van der Waals surface area contributed by atoms with E-state index >= 15 is 0 Å². The zero-order valence-electron chi connectivity index (χ0n) is 44.0. The van der Waals surface area contributed by atoms with Crippen LogP contribution in [0.2, 0.25) is 0 Å². The van der Waals surface area contributed by atoms with E-state index in [2.05, 4.69) is 123 Å². The Morgan fingerprint density at radius 3 is 1.43 bits per heavy atom. The van der Waals surface area contributed by atoms with Gasteiger partial charge in [0, 0.05) is 22.1 Å². The van der Waals surface area contributed by atoms with Gasteiger partial charge in [-0.15, -0.1) is 0 Å². The van der Waals surface area contributed by atoms with Gasteiger partial charge in [0.2, 0.25) is 0 Å². The van der Waals surface area contributed by atoms with Crippen molar-refractivity contribution in [2.75, 3.05) is 79.4 Å². The molecule has 68 heavy (non-hydrogen) atoms. The number of aromatic nitrogens is 4. The van der Waals surface area contributed by atoms with Crippen LogP contribution in [0, 0.1) is 20.8 Å². The highest BCUT2D eigenvalue weighted by Crippen LogP contribution is 2.38. The number of nitrogens with zero attached hydrogens (tertiary/aromatic N) is 6. The Morgan fingerprint density at radius 2 is 0.941 bits per heavy atom. The van der Waals surface area contributed by atoms with Crippen molar-refractivity contribution < 1.29 is 8.42 Å². The van der Waals surface area contributed by atoms with Crippen molar-refractivity contribution in [2.24, 2.45) is 0 Å². The Labute approximate surface area is 410 Å². The van der Waals surface area contributed by atoms with Gasteiger partial charge in [-0.3, -0.25) is 4.90 Å². The molecule has 0 amide bonds. The first kappa shape index (κ1) is 53.0. The molecule has 3 aromatic heterocycles. The Morgan fingerprint density at radius 1 is 0.500 bits per heavy atom. The molecule has 4 aromatic rings. The zero-order valence-corrected chi connectivity index (χ0v) is 44.8. The first-order valence-electron chi connectivity index (χ1n) is 25.8. The molecule has 11 heteroatoms. The number of fused-ring (bicyclic) bond motifs is 8. The summed E-state index contributed by atoms with van der Waals surface area (Å²) < 4.78 is 26.3. The molecule has 0 atom stereocenters. The van der Waals surface area contributed by atoms with E-state index in [1.54, 1.807) is 12.1 Å². The smallest absolute Gasteiger partial charge is 0.191 e. The predicted octanol–water partition coefficient (Wildman–Crippen LogP) is 11.9. The highest BCUT2D eigenvalue weighted by Gasteiger charge is 2.23. The summed E-state index contributed by atoms with van der Waals surface area (Å²) in [4.78, 5) is 28.4. The summed E-state index contributed by atoms with van der Waals surface area (Å²) in [5.74, 6) is 0.0554. The summed E-state index contributed by atoms with van der Waals surface area (Å²) in [6.45, 7) is 27.6. The number of allylic oxidation sites excluding steroid dienone is 4. The van der Waals surface area contributed by atoms with E-state index in [1.165, 1.54) is 57.4 Å². The van der Waals surface area contributed by atoms with E-state index in [1.807, 2.05) is 26.0 Å². The molecule has 5 heterocycles. The summed E-state index contributed by atoms with van der Waals surface area (Å²) in [6.07, 6.45) is 10.3. The second-order valence-electron chi connectivity index (χ2n) is 19.8. The van der Waals surface area contributed by atoms with Crippen LogP contribution in [0.25, 0.3) is 44.4 Å². The number of aryl methyl sites for hydroxylation is 5. The first-order chi connectivity index (χ1) is 32.6. The number of hydrogen-bond donors (Lipinski definition) is 2. The fourth-order valence-corrected chi connectivity index (χ4v) is 11.5. The summed E-state index contributed by atoms with van der Waals surface area (Å²) in [7, 11) is 3.33. The Kier molecular flexibility index (Phi) is 19.0. The summed E-state index contributed by atoms with van der Waals surface area (Å²) in [5.41, 5.74) is 20.1. The summed E-state index contributed by atoms with van der Waals surface area (Å²) >= 11 is 0.